The summed E-state index contributed by atoms with van der Waals surface area (Å²) < 4.78 is 50.4. The molecule has 2 aliphatic rings. The summed E-state index contributed by atoms with van der Waals surface area (Å²) in [5.74, 6) is -1.85. The topological polar surface area (TPSA) is 278 Å². The van der Waals surface area contributed by atoms with E-state index >= 15 is 0 Å². The number of nitrogens with one attached hydrogen (secondary N) is 7. The fraction of sp³-hybridized carbons (Fsp3) is 0.389. The number of anilines is 2. The number of H-pyrrole nitrogens is 2. The summed E-state index contributed by atoms with van der Waals surface area (Å²) in [4.78, 5) is 50.0. The van der Waals surface area contributed by atoms with Gasteiger partial charge >= 0.3 is 0 Å². The average molecular weight is 971 g/mol. The van der Waals surface area contributed by atoms with Crippen molar-refractivity contribution in [3.63, 3.8) is 0 Å². The maximum absolute atomic E-state index is 12.6. The molecule has 4 amide bonds. The minimum Gasteiger partial charge on any atom is -0.348 e. The Bertz CT molecular complexity index is 2320. The standard InChI is InChI=1S/C17H19Cl2N5O4S.C16H17Cl2N5O2.CH4O3S.2CH4/c1-29(27,28)24-7-5-10(6-8-24)21-17(26)15-13(9-20-23-15)22-16(25)14-11(18)3-2-4-12(14)19;17-10-2-1-3-11(18)13(10)15(24)22-12-8-20-23-14(12)16(25)21-9-4-6-19-7-5-9;1-5(2,3)4;;/h2-4,9-10H,5-8H2,1H3,(H,20,23)(H,21,26)(H,22,25);1-3,8-9,19H,4-7H2,(H,20,23)(H,21,25)(H,22,24);1H3,(H,2,3,4);2*1H4. The number of hydrogen-bond donors (Lipinski definition) is 8. The first-order valence-electron chi connectivity index (χ1n) is 17.5. The molecule has 0 aliphatic carbocycles. The van der Waals surface area contributed by atoms with Crippen LogP contribution in [0, 0.1) is 0 Å². The fourth-order valence-corrected chi connectivity index (χ4v) is 7.73. The van der Waals surface area contributed by atoms with Crippen LogP contribution in [-0.2, 0) is 20.1 Å². The molecule has 2 aromatic heterocycles. The minimum absolute atomic E-state index is 0. The van der Waals surface area contributed by atoms with Crippen LogP contribution in [0.5, 0.6) is 0 Å². The molecule has 4 heterocycles. The third-order valence-corrected chi connectivity index (χ3v) is 11.1. The SMILES string of the molecule is C.C.CS(=O)(=O)N1CCC(NC(=O)c2[nH]ncc2NC(=O)c2c(Cl)cccc2Cl)CC1.CS(=O)(=O)O.O=C(NC1CCNCC1)c1[nH]ncc1NC(=O)c1c(Cl)cccc1Cl. The Hall–Kier alpha value is -4.32. The molecule has 4 aromatic rings. The Balaban J connectivity index is 0.000000370. The first-order valence-corrected chi connectivity index (χ1v) is 22.7. The van der Waals surface area contributed by atoms with Crippen molar-refractivity contribution in [3.05, 3.63) is 91.4 Å². The smallest absolute Gasteiger partial charge is 0.271 e. The number of piperidine rings is 2. The Kier molecular flexibility index (Phi) is 20.6. The number of benzene rings is 2. The van der Waals surface area contributed by atoms with Crippen LogP contribution in [0.25, 0.3) is 0 Å². The maximum atomic E-state index is 12.6. The molecule has 336 valence electrons. The van der Waals surface area contributed by atoms with Crippen LogP contribution < -0.4 is 26.6 Å². The number of nitrogens with zero attached hydrogens (tertiary/aromatic N) is 3. The van der Waals surface area contributed by atoms with Gasteiger partial charge in [-0.25, -0.2) is 12.7 Å². The lowest BCUT2D eigenvalue weighted by molar-refractivity contribution is 0.0912. The van der Waals surface area contributed by atoms with Gasteiger partial charge in [0.05, 0.1) is 67.5 Å². The molecule has 2 aliphatic heterocycles. The van der Waals surface area contributed by atoms with Gasteiger partial charge in [-0.2, -0.15) is 18.6 Å². The molecule has 6 rings (SSSR count). The quantitative estimate of drug-likeness (QED) is 0.0987. The first-order chi connectivity index (χ1) is 27.7. The van der Waals surface area contributed by atoms with Gasteiger partial charge in [0.1, 0.15) is 11.4 Å². The van der Waals surface area contributed by atoms with E-state index in [4.69, 9.17) is 51.0 Å². The highest BCUT2D eigenvalue weighted by Gasteiger charge is 2.28. The lowest BCUT2D eigenvalue weighted by Gasteiger charge is -2.30. The second kappa shape index (κ2) is 23.8. The number of sulfonamides is 1. The molecule has 0 radical (unpaired) electrons. The van der Waals surface area contributed by atoms with Gasteiger partial charge in [-0.3, -0.25) is 33.9 Å². The second-order valence-corrected chi connectivity index (χ2v) is 18.1. The molecule has 0 saturated carbocycles. The van der Waals surface area contributed by atoms with Crippen LogP contribution >= 0.6 is 46.4 Å². The summed E-state index contributed by atoms with van der Waals surface area (Å²) in [5.41, 5.74) is 0.958. The van der Waals surface area contributed by atoms with Crippen molar-refractivity contribution in [2.75, 3.05) is 49.3 Å². The van der Waals surface area contributed by atoms with Gasteiger partial charge in [0, 0.05) is 25.2 Å². The predicted molar refractivity (Wildman–Crippen MR) is 237 cm³/mol. The third-order valence-electron chi connectivity index (χ3n) is 8.54. The number of amides is 4. The van der Waals surface area contributed by atoms with Crippen LogP contribution in [0.3, 0.4) is 0 Å². The molecule has 0 atom stereocenters. The zero-order chi connectivity index (χ0) is 43.5. The van der Waals surface area contributed by atoms with Crippen molar-refractivity contribution in [2.45, 2.75) is 52.6 Å². The number of halogens is 4. The highest BCUT2D eigenvalue weighted by atomic mass is 35.5. The van der Waals surface area contributed by atoms with E-state index in [0.29, 0.717) is 32.2 Å². The van der Waals surface area contributed by atoms with Gasteiger partial charge in [0.25, 0.3) is 33.7 Å². The molecule has 2 saturated heterocycles. The Morgan fingerprint density at radius 2 is 1.00 bits per heavy atom. The van der Waals surface area contributed by atoms with Crippen LogP contribution in [0.4, 0.5) is 11.4 Å². The molecule has 2 fully saturated rings. The molecular weight excluding hydrogens is 922 g/mol. The van der Waals surface area contributed by atoms with Crippen LogP contribution in [0.1, 0.15) is 82.2 Å². The van der Waals surface area contributed by atoms with E-state index in [2.05, 4.69) is 47.0 Å². The van der Waals surface area contributed by atoms with E-state index in [9.17, 15) is 36.0 Å². The van der Waals surface area contributed by atoms with Crippen molar-refractivity contribution in [2.24, 2.45) is 0 Å². The average Bonchev–Trinajstić information content (AvgIpc) is 3.81. The molecule has 19 nitrogen and oxygen atoms in total. The van der Waals surface area contributed by atoms with E-state index in [0.717, 1.165) is 32.2 Å². The van der Waals surface area contributed by atoms with E-state index in [1.54, 1.807) is 24.3 Å². The summed E-state index contributed by atoms with van der Waals surface area (Å²) in [5, 5.41) is 27.9. The lowest BCUT2D eigenvalue weighted by atomic mass is 10.1. The van der Waals surface area contributed by atoms with Crippen molar-refractivity contribution < 1.29 is 40.6 Å². The number of hydrogen-bond acceptors (Lipinski definition) is 11. The Labute approximate surface area is 374 Å². The van der Waals surface area contributed by atoms with Crippen molar-refractivity contribution >= 4 is 102 Å². The molecule has 2 aromatic carbocycles. The van der Waals surface area contributed by atoms with Crippen molar-refractivity contribution in [1.29, 1.82) is 0 Å². The van der Waals surface area contributed by atoms with E-state index in [1.165, 1.54) is 28.8 Å². The van der Waals surface area contributed by atoms with Gasteiger partial charge in [-0.15, -0.1) is 0 Å². The zero-order valence-electron chi connectivity index (χ0n) is 31.3. The minimum atomic E-state index is -3.67. The van der Waals surface area contributed by atoms with Crippen molar-refractivity contribution in [1.82, 2.24) is 40.7 Å². The van der Waals surface area contributed by atoms with E-state index in [1.807, 2.05) is 0 Å². The van der Waals surface area contributed by atoms with Crippen LogP contribution in [0.2, 0.25) is 20.1 Å². The number of carbonyl (C=O) groups excluding carboxylic acids is 4. The van der Waals surface area contributed by atoms with Crippen LogP contribution in [0.15, 0.2) is 48.8 Å². The van der Waals surface area contributed by atoms with E-state index in [-0.39, 0.29) is 86.8 Å². The summed E-state index contributed by atoms with van der Waals surface area (Å²) in [6, 6.07) is 9.39. The Morgan fingerprint density at radius 3 is 1.34 bits per heavy atom. The van der Waals surface area contributed by atoms with Gasteiger partial charge in [-0.1, -0.05) is 73.4 Å². The summed E-state index contributed by atoms with van der Waals surface area (Å²) in [6.45, 7) is 2.40. The second-order valence-electron chi connectivity index (χ2n) is 13.1. The molecule has 0 spiro atoms. The fourth-order valence-electron chi connectivity index (χ4n) is 5.72. The third kappa shape index (κ3) is 16.1. The summed E-state index contributed by atoms with van der Waals surface area (Å²) in [7, 11) is -6.91. The zero-order valence-corrected chi connectivity index (χ0v) is 36.0. The predicted octanol–water partition coefficient (Wildman–Crippen LogP) is 5.35. The normalized spacial score (nSPS) is 14.6. The van der Waals surface area contributed by atoms with Crippen LogP contribution in [-0.4, -0.2) is 120 Å². The monoisotopic (exact) mass is 968 g/mol. The van der Waals surface area contributed by atoms with Gasteiger partial charge < -0.3 is 26.6 Å². The first kappa shape index (κ1) is 52.8. The lowest BCUT2D eigenvalue weighted by Crippen LogP contribution is -2.46. The molecule has 0 bridgehead atoms. The molecule has 25 heteroatoms. The van der Waals surface area contributed by atoms with Gasteiger partial charge in [0.2, 0.25) is 10.0 Å². The number of carbonyl (C=O) groups is 4. The molecular formula is C36H48Cl4N10O9S2. The number of aromatic nitrogens is 4. The molecule has 0 unspecified atom stereocenters. The summed E-state index contributed by atoms with van der Waals surface area (Å²) >= 11 is 24.2. The highest BCUT2D eigenvalue weighted by molar-refractivity contribution is 7.88. The molecule has 8 N–H and O–H groups in total. The number of aromatic amines is 2. The number of rotatable bonds is 9. The van der Waals surface area contributed by atoms with Gasteiger partial charge in [0.15, 0.2) is 0 Å². The van der Waals surface area contributed by atoms with Gasteiger partial charge in [-0.05, 0) is 63.0 Å². The largest absolute Gasteiger partial charge is 0.348 e. The Morgan fingerprint density at radius 1 is 0.656 bits per heavy atom. The van der Waals surface area contributed by atoms with Crippen molar-refractivity contribution in [3.8, 4) is 0 Å². The highest BCUT2D eigenvalue weighted by Crippen LogP contribution is 2.27. The van der Waals surface area contributed by atoms with E-state index < -0.39 is 37.9 Å². The molecule has 61 heavy (non-hydrogen) atoms. The summed E-state index contributed by atoms with van der Waals surface area (Å²) in [6.07, 6.45) is 7.26. The maximum Gasteiger partial charge on any atom is 0.271 e.